The summed E-state index contributed by atoms with van der Waals surface area (Å²) in [5.41, 5.74) is 2.87. The van der Waals surface area contributed by atoms with Crippen molar-refractivity contribution in [3.8, 4) is 28.7 Å². The number of anilines is 1. The molecule has 8 nitrogen and oxygen atoms in total. The number of alkyl halides is 2. The molecule has 0 radical (unpaired) electrons. The quantitative estimate of drug-likeness (QED) is 0.250. The molecule has 1 amide bonds. The van der Waals surface area contributed by atoms with E-state index in [0.717, 1.165) is 11.4 Å². The van der Waals surface area contributed by atoms with E-state index >= 15 is 0 Å². The maximum Gasteiger partial charge on any atom is 2.00 e. The van der Waals surface area contributed by atoms with Gasteiger partial charge in [0, 0.05) is 23.9 Å². The molecule has 1 aliphatic heterocycles. The van der Waals surface area contributed by atoms with E-state index in [1.165, 1.54) is 55.8 Å². The summed E-state index contributed by atoms with van der Waals surface area (Å²) >= 11 is 1.37. The number of aromatic nitrogens is 4. The molecule has 38 heavy (non-hydrogen) atoms. The van der Waals surface area contributed by atoms with Crippen LogP contribution in [-0.4, -0.2) is 46.0 Å². The van der Waals surface area contributed by atoms with Gasteiger partial charge in [-0.15, -0.1) is 23.0 Å². The Morgan fingerprint density at radius 1 is 1.21 bits per heavy atom. The number of methoxy groups -OCH3 is 1. The minimum atomic E-state index is -2.77. The zero-order valence-electron chi connectivity index (χ0n) is 20.5. The molecule has 2 aliphatic rings. The van der Waals surface area contributed by atoms with Crippen molar-refractivity contribution < 1.29 is 39.6 Å². The molecule has 4 heterocycles. The minimum absolute atomic E-state index is 0. The largest absolute Gasteiger partial charge is 2.00 e. The van der Waals surface area contributed by atoms with Crippen molar-refractivity contribution in [2.24, 2.45) is 11.8 Å². The van der Waals surface area contributed by atoms with Gasteiger partial charge in [-0.2, -0.15) is 0 Å². The van der Waals surface area contributed by atoms with Gasteiger partial charge in [-0.1, -0.05) is 24.7 Å². The molecular formula is C26H23F2N5NiO3S. The number of amides is 1. The van der Waals surface area contributed by atoms with Gasteiger partial charge in [0.1, 0.15) is 17.3 Å². The Labute approximate surface area is 233 Å². The van der Waals surface area contributed by atoms with E-state index in [9.17, 15) is 18.4 Å². The van der Waals surface area contributed by atoms with Gasteiger partial charge in [-0.05, 0) is 36.8 Å². The Kier molecular flexibility index (Phi) is 10.4. The van der Waals surface area contributed by atoms with Gasteiger partial charge in [0.15, 0.2) is 0 Å². The zero-order chi connectivity index (χ0) is 26.4. The second-order valence-electron chi connectivity index (χ2n) is 8.69. The third-order valence-electron chi connectivity index (χ3n) is 5.83. The zero-order valence-corrected chi connectivity index (χ0v) is 22.3. The second-order valence-corrected chi connectivity index (χ2v) is 9.46. The third-order valence-corrected chi connectivity index (χ3v) is 6.38. The van der Waals surface area contributed by atoms with E-state index in [1.807, 2.05) is 6.92 Å². The Morgan fingerprint density at radius 3 is 2.63 bits per heavy atom. The molecule has 1 aliphatic carbocycles. The number of piperidine rings is 1. The number of ether oxygens (including phenoxy) is 1. The molecular weight excluding hydrogens is 559 g/mol. The first-order valence-electron chi connectivity index (χ1n) is 11.6. The smallest absolute Gasteiger partial charge is 0.496 e. The van der Waals surface area contributed by atoms with Crippen molar-refractivity contribution in [3.63, 3.8) is 0 Å². The van der Waals surface area contributed by atoms with Crippen LogP contribution < -0.4 is 9.64 Å². The minimum Gasteiger partial charge on any atom is -0.496 e. The third kappa shape index (κ3) is 7.39. The number of nitrogens with zero attached hydrogens (tertiary/aromatic N) is 5. The molecule has 1 atom stereocenters. The van der Waals surface area contributed by atoms with Gasteiger partial charge >= 0.3 is 16.5 Å². The summed E-state index contributed by atoms with van der Waals surface area (Å²) in [5.74, 6) is 7.52. The summed E-state index contributed by atoms with van der Waals surface area (Å²) in [4.78, 5) is 33.1. The topological polar surface area (TPSA) is 98.2 Å². The average Bonchev–Trinajstić information content (AvgIpc) is 3.60. The molecule has 5 rings (SSSR count). The molecule has 0 aromatic carbocycles. The van der Waals surface area contributed by atoms with Gasteiger partial charge in [0.25, 0.3) is 6.43 Å². The monoisotopic (exact) mass is 581 g/mol. The first-order chi connectivity index (χ1) is 17.9. The SMILES string of the molecule is C(#CC1CC1)c1nn[c-]s1.COc1cnc(C(F)F)cc1-c1cc(N2CC(C)CCC2=O)ncc1[C-]=O.[Ni+2]. The van der Waals surface area contributed by atoms with Crippen molar-refractivity contribution >= 4 is 29.3 Å². The van der Waals surface area contributed by atoms with Gasteiger partial charge in [0.2, 0.25) is 5.91 Å². The van der Waals surface area contributed by atoms with Crippen LogP contribution in [0.15, 0.2) is 24.5 Å². The van der Waals surface area contributed by atoms with E-state index in [0.29, 0.717) is 36.2 Å². The maximum absolute atomic E-state index is 13.1. The summed E-state index contributed by atoms with van der Waals surface area (Å²) < 4.78 is 31.4. The second kappa shape index (κ2) is 13.5. The molecule has 0 spiro atoms. The molecule has 1 saturated heterocycles. The summed E-state index contributed by atoms with van der Waals surface area (Å²) in [6.07, 6.45) is 5.19. The van der Waals surface area contributed by atoms with Crippen molar-refractivity contribution in [1.82, 2.24) is 20.2 Å². The van der Waals surface area contributed by atoms with Crippen LogP contribution in [0.4, 0.5) is 14.6 Å². The van der Waals surface area contributed by atoms with Crippen LogP contribution in [0.2, 0.25) is 0 Å². The average molecular weight is 582 g/mol. The van der Waals surface area contributed by atoms with E-state index in [2.05, 4.69) is 37.5 Å². The van der Waals surface area contributed by atoms with Crippen molar-refractivity contribution in [1.29, 1.82) is 0 Å². The first kappa shape index (κ1) is 29.3. The molecule has 1 unspecified atom stereocenters. The van der Waals surface area contributed by atoms with Crippen LogP contribution in [0.25, 0.3) is 11.1 Å². The number of carbonyl (C=O) groups is 1. The standard InChI is InChI=1S/C19H18F2N3O3.C7H5N2S.Ni/c1-11-3-4-18(26)24(9-11)17-6-13(12(10-25)7-23-17)14-5-15(19(20)21)22-8-16(14)27-2;1-2-6(1)3-4-7-9-8-5-10-7;/h5-8,11,19H,3-4,9H2,1-2H3;6H,1-2H2;/q2*-1;+2. The molecule has 2 fully saturated rings. The van der Waals surface area contributed by atoms with E-state index in [-0.39, 0.29) is 39.3 Å². The summed E-state index contributed by atoms with van der Waals surface area (Å²) in [5, 5.41) is 8.10. The Morgan fingerprint density at radius 2 is 2.00 bits per heavy atom. The summed E-state index contributed by atoms with van der Waals surface area (Å²) in [7, 11) is 1.38. The Bertz CT molecular complexity index is 1330. The van der Waals surface area contributed by atoms with Gasteiger partial charge < -0.3 is 25.9 Å². The number of halogens is 2. The molecule has 0 N–H and O–H groups in total. The Hall–Kier alpha value is -3.29. The number of pyridine rings is 2. The molecule has 0 bridgehead atoms. The van der Waals surface area contributed by atoms with Gasteiger partial charge in [-0.25, -0.2) is 13.9 Å². The molecule has 200 valence electrons. The van der Waals surface area contributed by atoms with Crippen LogP contribution in [0, 0.1) is 29.2 Å². The fraction of sp³-hybridized carbons (Fsp3) is 0.385. The fourth-order valence-corrected chi connectivity index (χ4v) is 4.03. The van der Waals surface area contributed by atoms with Crippen LogP contribution in [-0.2, 0) is 26.1 Å². The summed E-state index contributed by atoms with van der Waals surface area (Å²) in [6.45, 7) is 2.54. The normalized spacial score (nSPS) is 16.5. The molecule has 3 aromatic heterocycles. The predicted octanol–water partition coefficient (Wildman–Crippen LogP) is 4.41. The van der Waals surface area contributed by atoms with Gasteiger partial charge in [0.05, 0.1) is 19.6 Å². The maximum atomic E-state index is 13.1. The van der Waals surface area contributed by atoms with Crippen molar-refractivity contribution in [3.05, 3.63) is 46.3 Å². The van der Waals surface area contributed by atoms with Crippen molar-refractivity contribution in [2.75, 3.05) is 18.6 Å². The number of hydrogen-bond acceptors (Lipinski definition) is 8. The number of carbonyl (C=O) groups excluding carboxylic acids is 2. The predicted molar refractivity (Wildman–Crippen MR) is 133 cm³/mol. The van der Waals surface area contributed by atoms with E-state index in [4.69, 9.17) is 4.74 Å². The van der Waals surface area contributed by atoms with E-state index in [1.54, 1.807) is 11.2 Å². The first-order valence-corrected chi connectivity index (χ1v) is 12.4. The molecule has 1 saturated carbocycles. The van der Waals surface area contributed by atoms with Crippen LogP contribution in [0.1, 0.15) is 55.3 Å². The fourth-order valence-electron chi connectivity index (χ4n) is 3.67. The summed E-state index contributed by atoms with van der Waals surface area (Å²) in [6, 6.07) is 2.70. The number of hydrogen-bond donors (Lipinski definition) is 0. The van der Waals surface area contributed by atoms with Crippen LogP contribution in [0.5, 0.6) is 5.75 Å². The van der Waals surface area contributed by atoms with Gasteiger partial charge in [-0.3, -0.25) is 19.8 Å². The van der Waals surface area contributed by atoms with E-state index < -0.39 is 12.1 Å². The number of rotatable bonds is 5. The van der Waals surface area contributed by atoms with Crippen LogP contribution >= 0.6 is 11.3 Å². The molecule has 3 aromatic rings. The Balaban J connectivity index is 0.000000303. The van der Waals surface area contributed by atoms with Crippen LogP contribution in [0.3, 0.4) is 0 Å². The van der Waals surface area contributed by atoms with Crippen molar-refractivity contribution in [2.45, 2.75) is 39.0 Å². The molecule has 12 heteroatoms.